The lowest BCUT2D eigenvalue weighted by atomic mass is 9.92. The molecule has 0 spiro atoms. The second-order valence-electron chi connectivity index (χ2n) is 4.04. The Kier molecular flexibility index (Phi) is 3.13. The number of ketones is 1. The second kappa shape index (κ2) is 4.56. The fourth-order valence-corrected chi connectivity index (χ4v) is 1.89. The molecule has 1 aromatic carbocycles. The van der Waals surface area contributed by atoms with Gasteiger partial charge in [0.15, 0.2) is 0 Å². The molecule has 0 radical (unpaired) electrons. The highest BCUT2D eigenvalue weighted by atomic mass is 19.1. The van der Waals surface area contributed by atoms with Gasteiger partial charge in [-0.1, -0.05) is 11.6 Å². The molecule has 0 amide bonds. The Morgan fingerprint density at radius 2 is 1.50 bits per heavy atom. The van der Waals surface area contributed by atoms with Crippen LogP contribution < -0.4 is 0 Å². The predicted molar refractivity (Wildman–Crippen MR) is 57.8 cm³/mol. The van der Waals surface area contributed by atoms with Gasteiger partial charge in [0.25, 0.3) is 0 Å². The van der Waals surface area contributed by atoms with Crippen molar-refractivity contribution in [2.24, 2.45) is 0 Å². The normalized spacial score (nSPS) is 16.4. The first-order chi connectivity index (χ1) is 7.63. The summed E-state index contributed by atoms with van der Waals surface area (Å²) in [6, 6.07) is 3.45. The van der Waals surface area contributed by atoms with E-state index in [0.29, 0.717) is 31.2 Å². The molecule has 1 aliphatic rings. The number of carbonyl (C=O) groups excluding carboxylic acids is 1. The van der Waals surface area contributed by atoms with Crippen LogP contribution in [0.4, 0.5) is 8.78 Å². The standard InChI is InChI=1S/C13H12F2O/c14-11-6-10(7-12(15)8-11)5-9-1-3-13(16)4-2-9/h5-8H,1-4H2. The van der Waals surface area contributed by atoms with Crippen molar-refractivity contribution in [3.8, 4) is 0 Å². The average molecular weight is 222 g/mol. The molecule has 0 unspecified atom stereocenters. The Hall–Kier alpha value is -1.51. The van der Waals surface area contributed by atoms with Gasteiger partial charge in [-0.2, -0.15) is 0 Å². The van der Waals surface area contributed by atoms with Gasteiger partial charge in [0.05, 0.1) is 0 Å². The van der Waals surface area contributed by atoms with E-state index in [9.17, 15) is 13.6 Å². The summed E-state index contributed by atoms with van der Waals surface area (Å²) in [4.78, 5) is 11.0. The second-order valence-corrected chi connectivity index (χ2v) is 4.04. The summed E-state index contributed by atoms with van der Waals surface area (Å²) in [6.45, 7) is 0. The zero-order valence-corrected chi connectivity index (χ0v) is 8.80. The SMILES string of the molecule is O=C1CCC(=Cc2cc(F)cc(F)c2)CC1. The first kappa shape index (κ1) is 11.0. The van der Waals surface area contributed by atoms with Crippen LogP contribution in [-0.2, 0) is 4.79 Å². The Balaban J connectivity index is 2.19. The third-order valence-electron chi connectivity index (χ3n) is 2.71. The highest BCUT2D eigenvalue weighted by Gasteiger charge is 2.12. The third-order valence-corrected chi connectivity index (χ3v) is 2.71. The predicted octanol–water partition coefficient (Wildman–Crippen LogP) is 3.49. The van der Waals surface area contributed by atoms with Crippen LogP contribution in [0.15, 0.2) is 23.8 Å². The van der Waals surface area contributed by atoms with Crippen LogP contribution in [0.5, 0.6) is 0 Å². The van der Waals surface area contributed by atoms with Crippen molar-refractivity contribution in [1.29, 1.82) is 0 Å². The Morgan fingerprint density at radius 3 is 2.06 bits per heavy atom. The minimum atomic E-state index is -0.571. The molecule has 2 rings (SSSR count). The average Bonchev–Trinajstić information content (AvgIpc) is 2.20. The van der Waals surface area contributed by atoms with E-state index < -0.39 is 11.6 Å². The van der Waals surface area contributed by atoms with E-state index in [1.54, 1.807) is 6.08 Å². The number of Topliss-reactive ketones (excluding diaryl/α,β-unsaturated/α-hetero) is 1. The molecule has 0 aromatic heterocycles. The fraction of sp³-hybridized carbons (Fsp3) is 0.308. The van der Waals surface area contributed by atoms with Crippen LogP contribution in [-0.4, -0.2) is 5.78 Å². The maximum absolute atomic E-state index is 12.9. The molecular weight excluding hydrogens is 210 g/mol. The van der Waals surface area contributed by atoms with Gasteiger partial charge in [-0.15, -0.1) is 0 Å². The summed E-state index contributed by atoms with van der Waals surface area (Å²) < 4.78 is 25.8. The van der Waals surface area contributed by atoms with Crippen LogP contribution in [0.3, 0.4) is 0 Å². The molecule has 0 saturated heterocycles. The van der Waals surface area contributed by atoms with Gasteiger partial charge in [0, 0.05) is 18.9 Å². The van der Waals surface area contributed by atoms with Gasteiger partial charge >= 0.3 is 0 Å². The van der Waals surface area contributed by atoms with Crippen molar-refractivity contribution in [2.45, 2.75) is 25.7 Å². The minimum Gasteiger partial charge on any atom is -0.300 e. The van der Waals surface area contributed by atoms with Crippen LogP contribution in [0, 0.1) is 11.6 Å². The lowest BCUT2D eigenvalue weighted by Gasteiger charge is -2.12. The lowest BCUT2D eigenvalue weighted by Crippen LogP contribution is -2.05. The summed E-state index contributed by atoms with van der Waals surface area (Å²) in [5.74, 6) is -0.875. The molecule has 1 saturated carbocycles. The maximum Gasteiger partial charge on any atom is 0.133 e. The van der Waals surface area contributed by atoms with Gasteiger partial charge in [-0.05, 0) is 30.5 Å². The summed E-state index contributed by atoms with van der Waals surface area (Å²) in [7, 11) is 0. The molecule has 0 heterocycles. The van der Waals surface area contributed by atoms with Crippen LogP contribution in [0.1, 0.15) is 31.2 Å². The first-order valence-electron chi connectivity index (χ1n) is 5.31. The fourth-order valence-electron chi connectivity index (χ4n) is 1.89. The molecule has 0 bridgehead atoms. The van der Waals surface area contributed by atoms with Gasteiger partial charge in [0.2, 0.25) is 0 Å². The molecular formula is C13H12F2O. The summed E-state index contributed by atoms with van der Waals surface area (Å²) in [5, 5.41) is 0. The van der Waals surface area contributed by atoms with Crippen molar-refractivity contribution in [2.75, 3.05) is 0 Å². The summed E-state index contributed by atoms with van der Waals surface area (Å²) in [6.07, 6.45) is 4.28. The van der Waals surface area contributed by atoms with Crippen molar-refractivity contribution in [3.05, 3.63) is 41.0 Å². The zero-order chi connectivity index (χ0) is 11.5. The maximum atomic E-state index is 12.9. The first-order valence-corrected chi connectivity index (χ1v) is 5.31. The molecule has 0 aliphatic heterocycles. The molecule has 1 aliphatic carbocycles. The van der Waals surface area contributed by atoms with Crippen molar-refractivity contribution in [3.63, 3.8) is 0 Å². The highest BCUT2D eigenvalue weighted by Crippen LogP contribution is 2.23. The number of carbonyl (C=O) groups is 1. The van der Waals surface area contributed by atoms with Crippen molar-refractivity contribution >= 4 is 11.9 Å². The third kappa shape index (κ3) is 2.75. The molecule has 1 aromatic rings. The van der Waals surface area contributed by atoms with Crippen molar-refractivity contribution in [1.82, 2.24) is 0 Å². The number of rotatable bonds is 1. The largest absolute Gasteiger partial charge is 0.300 e. The quantitative estimate of drug-likeness (QED) is 0.710. The van der Waals surface area contributed by atoms with E-state index in [1.807, 2.05) is 0 Å². The molecule has 0 N–H and O–H groups in total. The lowest BCUT2D eigenvalue weighted by molar-refractivity contribution is -0.119. The smallest absolute Gasteiger partial charge is 0.133 e. The molecule has 0 atom stereocenters. The van der Waals surface area contributed by atoms with Gasteiger partial charge < -0.3 is 0 Å². The Labute approximate surface area is 92.8 Å². The van der Waals surface area contributed by atoms with Crippen LogP contribution in [0.25, 0.3) is 6.08 Å². The zero-order valence-electron chi connectivity index (χ0n) is 8.80. The van der Waals surface area contributed by atoms with E-state index >= 15 is 0 Å². The molecule has 1 fully saturated rings. The van der Waals surface area contributed by atoms with E-state index in [0.717, 1.165) is 11.6 Å². The monoisotopic (exact) mass is 222 g/mol. The van der Waals surface area contributed by atoms with E-state index in [4.69, 9.17) is 0 Å². The van der Waals surface area contributed by atoms with E-state index in [2.05, 4.69) is 0 Å². The number of hydrogen-bond donors (Lipinski definition) is 0. The van der Waals surface area contributed by atoms with Crippen molar-refractivity contribution < 1.29 is 13.6 Å². The summed E-state index contributed by atoms with van der Waals surface area (Å²) in [5.41, 5.74) is 1.62. The number of benzene rings is 1. The number of halogens is 2. The molecule has 1 nitrogen and oxygen atoms in total. The van der Waals surface area contributed by atoms with Gasteiger partial charge in [-0.25, -0.2) is 8.78 Å². The topological polar surface area (TPSA) is 17.1 Å². The van der Waals surface area contributed by atoms with Crippen LogP contribution >= 0.6 is 0 Å². The Bertz CT molecular complexity index is 417. The summed E-state index contributed by atoms with van der Waals surface area (Å²) >= 11 is 0. The molecule has 16 heavy (non-hydrogen) atoms. The number of hydrogen-bond acceptors (Lipinski definition) is 1. The molecule has 84 valence electrons. The Morgan fingerprint density at radius 1 is 0.938 bits per heavy atom. The molecule has 3 heteroatoms. The van der Waals surface area contributed by atoms with Gasteiger partial charge in [-0.3, -0.25) is 4.79 Å². The van der Waals surface area contributed by atoms with E-state index in [1.165, 1.54) is 12.1 Å². The van der Waals surface area contributed by atoms with Crippen LogP contribution in [0.2, 0.25) is 0 Å². The number of allylic oxidation sites excluding steroid dienone is 1. The highest BCUT2D eigenvalue weighted by molar-refractivity contribution is 5.80. The van der Waals surface area contributed by atoms with Gasteiger partial charge in [0.1, 0.15) is 17.4 Å². The van der Waals surface area contributed by atoms with E-state index in [-0.39, 0.29) is 5.78 Å². The minimum absolute atomic E-state index is 0.266.